The Balaban J connectivity index is 1.39. The van der Waals surface area contributed by atoms with Crippen LogP contribution < -0.4 is 0 Å². The molecule has 1 aliphatic rings. The number of nitro groups is 1. The van der Waals surface area contributed by atoms with E-state index in [-0.39, 0.29) is 5.69 Å². The lowest BCUT2D eigenvalue weighted by Crippen LogP contribution is -2.12. The van der Waals surface area contributed by atoms with Gasteiger partial charge in [0, 0.05) is 38.8 Å². The van der Waals surface area contributed by atoms with Crippen molar-refractivity contribution >= 4 is 40.8 Å². The second-order valence-electron chi connectivity index (χ2n) is 8.06. The molecule has 180 valence electrons. The van der Waals surface area contributed by atoms with Crippen LogP contribution in [0.2, 0.25) is 5.02 Å². The Bertz CT molecular complexity index is 1670. The van der Waals surface area contributed by atoms with Crippen molar-refractivity contribution in [3.63, 3.8) is 0 Å². The summed E-state index contributed by atoms with van der Waals surface area (Å²) in [5, 5.41) is 25.9. The monoisotopic (exact) mass is 525 g/mol. The van der Waals surface area contributed by atoms with Gasteiger partial charge in [0.05, 0.1) is 4.92 Å². The molecular formula is C27H16ClN5O3S. The van der Waals surface area contributed by atoms with Gasteiger partial charge in [-0.15, -0.1) is 10.2 Å². The van der Waals surface area contributed by atoms with Gasteiger partial charge in [0.15, 0.2) is 5.82 Å². The Morgan fingerprint density at radius 3 is 2.32 bits per heavy atom. The van der Waals surface area contributed by atoms with E-state index in [4.69, 9.17) is 21.1 Å². The van der Waals surface area contributed by atoms with E-state index < -0.39 is 4.92 Å². The molecule has 0 amide bonds. The molecule has 0 saturated heterocycles. The van der Waals surface area contributed by atoms with E-state index in [0.717, 1.165) is 27.3 Å². The molecule has 1 aliphatic heterocycles. The van der Waals surface area contributed by atoms with E-state index in [1.54, 1.807) is 28.9 Å². The van der Waals surface area contributed by atoms with E-state index in [1.807, 2.05) is 60.7 Å². The summed E-state index contributed by atoms with van der Waals surface area (Å²) in [6, 6.07) is 27.2. The van der Waals surface area contributed by atoms with E-state index in [1.165, 1.54) is 23.9 Å². The van der Waals surface area contributed by atoms with Gasteiger partial charge < -0.3 is 4.42 Å². The lowest BCUT2D eigenvalue weighted by atomic mass is 10.1. The third-order valence-corrected chi connectivity index (χ3v) is 6.88. The first-order valence-corrected chi connectivity index (χ1v) is 12.3. The number of fused-ring (bicyclic) bond motifs is 1. The lowest BCUT2D eigenvalue weighted by Gasteiger charge is -2.17. The summed E-state index contributed by atoms with van der Waals surface area (Å²) < 4.78 is 7.79. The molecule has 6 rings (SSSR count). The smallest absolute Gasteiger partial charge is 0.269 e. The van der Waals surface area contributed by atoms with Crippen molar-refractivity contribution in [1.29, 1.82) is 0 Å². The highest BCUT2D eigenvalue weighted by Gasteiger charge is 2.25. The van der Waals surface area contributed by atoms with Gasteiger partial charge in [-0.2, -0.15) is 9.78 Å². The summed E-state index contributed by atoms with van der Waals surface area (Å²) in [4.78, 5) is 11.4. The molecule has 0 radical (unpaired) electrons. The summed E-state index contributed by atoms with van der Waals surface area (Å²) in [6.07, 6.45) is 1.91. The van der Waals surface area contributed by atoms with Gasteiger partial charge in [0.2, 0.25) is 5.16 Å². The summed E-state index contributed by atoms with van der Waals surface area (Å²) in [7, 11) is 0. The fraction of sp³-hybridized carbons (Fsp3) is 0. The highest BCUT2D eigenvalue weighted by molar-refractivity contribution is 8.04. The van der Waals surface area contributed by atoms with Crippen molar-refractivity contribution in [3.8, 4) is 22.7 Å². The molecule has 0 bridgehead atoms. The number of nitrogens with zero attached hydrogens (tertiary/aromatic N) is 5. The minimum absolute atomic E-state index is 0.0297. The molecule has 0 aliphatic carbocycles. The molecule has 0 saturated carbocycles. The predicted octanol–water partition coefficient (Wildman–Crippen LogP) is 7.17. The normalized spacial score (nSPS) is 13.9. The largest absolute Gasteiger partial charge is 0.457 e. The van der Waals surface area contributed by atoms with Gasteiger partial charge in [-0.3, -0.25) is 10.1 Å². The number of rotatable bonds is 5. The van der Waals surface area contributed by atoms with Crippen LogP contribution >= 0.6 is 23.4 Å². The van der Waals surface area contributed by atoms with Gasteiger partial charge in [0.1, 0.15) is 17.2 Å². The number of allylic oxidation sites excluding steroid dienone is 1. The van der Waals surface area contributed by atoms with Crippen LogP contribution in [0.5, 0.6) is 0 Å². The first kappa shape index (κ1) is 23.0. The zero-order chi connectivity index (χ0) is 25.4. The highest BCUT2D eigenvalue weighted by Crippen LogP contribution is 2.37. The van der Waals surface area contributed by atoms with Crippen LogP contribution in [0.4, 0.5) is 5.69 Å². The van der Waals surface area contributed by atoms with Crippen LogP contribution in [0.1, 0.15) is 11.3 Å². The maximum absolute atomic E-state index is 10.9. The molecule has 37 heavy (non-hydrogen) atoms. The Labute approximate surface area is 220 Å². The van der Waals surface area contributed by atoms with Crippen LogP contribution in [0.15, 0.2) is 111 Å². The quantitative estimate of drug-likeness (QED) is 0.178. The molecule has 0 spiro atoms. The van der Waals surface area contributed by atoms with E-state index >= 15 is 0 Å². The van der Waals surface area contributed by atoms with E-state index in [2.05, 4.69) is 10.2 Å². The van der Waals surface area contributed by atoms with Gasteiger partial charge in [0.25, 0.3) is 5.69 Å². The number of furan rings is 1. The molecule has 8 nitrogen and oxygen atoms in total. The average Bonchev–Trinajstić information content (AvgIpc) is 3.56. The first-order valence-electron chi connectivity index (χ1n) is 11.2. The third-order valence-electron chi connectivity index (χ3n) is 5.66. The summed E-state index contributed by atoms with van der Waals surface area (Å²) in [5.74, 6) is 1.84. The molecule has 0 fully saturated rings. The molecular weight excluding hydrogens is 510 g/mol. The number of hydrogen-bond acceptors (Lipinski definition) is 7. The van der Waals surface area contributed by atoms with Crippen molar-refractivity contribution in [1.82, 2.24) is 14.9 Å². The van der Waals surface area contributed by atoms with Crippen molar-refractivity contribution in [2.75, 3.05) is 0 Å². The van der Waals surface area contributed by atoms with Crippen molar-refractivity contribution in [3.05, 3.63) is 122 Å². The molecule has 2 aromatic heterocycles. The van der Waals surface area contributed by atoms with E-state index in [0.29, 0.717) is 27.5 Å². The van der Waals surface area contributed by atoms with Crippen LogP contribution in [-0.2, 0) is 0 Å². The minimum atomic E-state index is -0.427. The van der Waals surface area contributed by atoms with Crippen molar-refractivity contribution in [2.24, 2.45) is 5.10 Å². The fourth-order valence-corrected chi connectivity index (χ4v) is 4.90. The Morgan fingerprint density at radius 2 is 1.59 bits per heavy atom. The van der Waals surface area contributed by atoms with Gasteiger partial charge >= 0.3 is 0 Å². The summed E-state index contributed by atoms with van der Waals surface area (Å²) >= 11 is 7.50. The molecule has 0 atom stereocenters. The van der Waals surface area contributed by atoms with Crippen molar-refractivity contribution in [2.45, 2.75) is 5.16 Å². The number of thioether (sulfide) groups is 1. The van der Waals surface area contributed by atoms with Gasteiger partial charge in [-0.25, -0.2) is 0 Å². The van der Waals surface area contributed by atoms with E-state index in [9.17, 15) is 10.1 Å². The average molecular weight is 526 g/mol. The molecule has 5 aromatic rings. The van der Waals surface area contributed by atoms with Crippen LogP contribution in [0.3, 0.4) is 0 Å². The number of halogens is 1. The highest BCUT2D eigenvalue weighted by atomic mass is 35.5. The van der Waals surface area contributed by atoms with Gasteiger partial charge in [-0.1, -0.05) is 41.9 Å². The predicted molar refractivity (Wildman–Crippen MR) is 143 cm³/mol. The summed E-state index contributed by atoms with van der Waals surface area (Å²) in [5.41, 5.74) is 3.32. The van der Waals surface area contributed by atoms with Crippen LogP contribution in [0, 0.1) is 10.1 Å². The first-order chi connectivity index (χ1) is 18.0. The lowest BCUT2D eigenvalue weighted by molar-refractivity contribution is -0.384. The zero-order valence-corrected chi connectivity index (χ0v) is 20.6. The molecule has 3 heterocycles. The fourth-order valence-electron chi connectivity index (χ4n) is 3.85. The summed E-state index contributed by atoms with van der Waals surface area (Å²) in [6.45, 7) is 0. The Morgan fingerprint density at radius 1 is 0.865 bits per heavy atom. The number of non-ortho nitro benzene ring substituents is 1. The second-order valence-corrected chi connectivity index (χ2v) is 9.50. The van der Waals surface area contributed by atoms with Crippen LogP contribution in [-0.4, -0.2) is 25.5 Å². The van der Waals surface area contributed by atoms with Crippen LogP contribution in [0.25, 0.3) is 28.8 Å². The molecule has 0 unspecified atom stereocenters. The Hall–Kier alpha value is -4.47. The molecule has 3 aromatic carbocycles. The molecule has 0 N–H and O–H groups in total. The Kier molecular flexibility index (Phi) is 5.91. The minimum Gasteiger partial charge on any atom is -0.457 e. The topological polar surface area (TPSA) is 99.3 Å². The number of benzene rings is 3. The number of aromatic nitrogens is 3. The zero-order valence-electron chi connectivity index (χ0n) is 19.0. The number of hydrogen-bond donors (Lipinski definition) is 0. The third kappa shape index (κ3) is 4.57. The van der Waals surface area contributed by atoms with Gasteiger partial charge in [-0.05, 0) is 66.4 Å². The maximum Gasteiger partial charge on any atom is 0.269 e. The maximum atomic E-state index is 10.9. The molecule has 10 heteroatoms. The van der Waals surface area contributed by atoms with Crippen molar-refractivity contribution < 1.29 is 9.34 Å². The number of nitro benzene ring substituents is 1. The SMILES string of the molecule is O=[N+]([O-])c1ccc(-c2ccc(/C=C3\Sc4nnc(-c5ccc(Cl)cc5)n4N=C3c3ccccc3)o2)cc1. The standard InChI is InChI=1S/C27H16ClN5O3S/c28-20-10-6-19(7-11-20)26-29-30-27-32(26)31-25(18-4-2-1-3-5-18)24(37-27)16-22-14-15-23(36-22)17-8-12-21(13-9-17)33(34)35/h1-16H/b24-16-. The second kappa shape index (κ2) is 9.53.